The van der Waals surface area contributed by atoms with E-state index in [2.05, 4.69) is 4.90 Å². The standard InChI is InChI=1S/C14H25N3O/c1-10(15)14(18)17-6-4-16(5-7-17)13-9-11-2-3-12(13)8-11/h10-13H,2-9,15H2,1H3/t10-,11?,12?,13?/m1/s1. The average molecular weight is 251 g/mol. The summed E-state index contributed by atoms with van der Waals surface area (Å²) in [5.74, 6) is 2.07. The van der Waals surface area contributed by atoms with Gasteiger partial charge in [0, 0.05) is 32.2 Å². The molecule has 1 heterocycles. The smallest absolute Gasteiger partial charge is 0.239 e. The van der Waals surface area contributed by atoms with E-state index < -0.39 is 0 Å². The van der Waals surface area contributed by atoms with E-state index in [-0.39, 0.29) is 11.9 Å². The van der Waals surface area contributed by atoms with Crippen LogP contribution in [0.1, 0.15) is 32.6 Å². The van der Waals surface area contributed by atoms with Crippen molar-refractivity contribution in [2.45, 2.75) is 44.7 Å². The first-order chi connectivity index (χ1) is 8.65. The summed E-state index contributed by atoms with van der Waals surface area (Å²) in [6.07, 6.45) is 5.77. The molecule has 2 saturated carbocycles. The molecule has 1 amide bonds. The van der Waals surface area contributed by atoms with E-state index in [0.29, 0.717) is 0 Å². The summed E-state index contributed by atoms with van der Waals surface area (Å²) < 4.78 is 0. The molecular formula is C14H25N3O. The highest BCUT2D eigenvalue weighted by atomic mass is 16.2. The predicted molar refractivity (Wildman–Crippen MR) is 71.0 cm³/mol. The molecule has 3 fully saturated rings. The number of carbonyl (C=O) groups is 1. The number of rotatable bonds is 2. The van der Waals surface area contributed by atoms with E-state index in [1.165, 1.54) is 25.7 Å². The summed E-state index contributed by atoms with van der Waals surface area (Å²) in [6.45, 7) is 5.62. The van der Waals surface area contributed by atoms with Gasteiger partial charge in [-0.15, -0.1) is 0 Å². The van der Waals surface area contributed by atoms with Gasteiger partial charge in [0.15, 0.2) is 0 Å². The van der Waals surface area contributed by atoms with Crippen molar-refractivity contribution in [1.82, 2.24) is 9.80 Å². The van der Waals surface area contributed by atoms with Crippen LogP contribution in [0.4, 0.5) is 0 Å². The minimum atomic E-state index is -0.348. The van der Waals surface area contributed by atoms with Gasteiger partial charge in [-0.25, -0.2) is 0 Å². The van der Waals surface area contributed by atoms with Crippen molar-refractivity contribution < 1.29 is 4.79 Å². The van der Waals surface area contributed by atoms with Crippen LogP contribution in [-0.2, 0) is 4.79 Å². The fourth-order valence-corrected chi connectivity index (χ4v) is 4.22. The van der Waals surface area contributed by atoms with Crippen molar-refractivity contribution in [3.8, 4) is 0 Å². The summed E-state index contributed by atoms with van der Waals surface area (Å²) in [5.41, 5.74) is 5.67. The summed E-state index contributed by atoms with van der Waals surface area (Å²) >= 11 is 0. The Morgan fingerprint density at radius 3 is 2.39 bits per heavy atom. The summed E-state index contributed by atoms with van der Waals surface area (Å²) in [7, 11) is 0. The maximum Gasteiger partial charge on any atom is 0.239 e. The Labute approximate surface area is 109 Å². The molecular weight excluding hydrogens is 226 g/mol. The molecule has 4 atom stereocenters. The van der Waals surface area contributed by atoms with Crippen molar-refractivity contribution >= 4 is 5.91 Å². The lowest BCUT2D eigenvalue weighted by molar-refractivity contribution is -0.134. The van der Waals surface area contributed by atoms with Crippen LogP contribution in [0.3, 0.4) is 0 Å². The number of fused-ring (bicyclic) bond motifs is 2. The lowest BCUT2D eigenvalue weighted by atomic mass is 9.93. The topological polar surface area (TPSA) is 49.6 Å². The van der Waals surface area contributed by atoms with Gasteiger partial charge < -0.3 is 10.6 Å². The Kier molecular flexibility index (Phi) is 3.32. The first-order valence-electron chi connectivity index (χ1n) is 7.43. The number of hydrogen-bond donors (Lipinski definition) is 1. The van der Waals surface area contributed by atoms with E-state index in [4.69, 9.17) is 5.73 Å². The van der Waals surface area contributed by atoms with Gasteiger partial charge in [-0.2, -0.15) is 0 Å². The van der Waals surface area contributed by atoms with Gasteiger partial charge in [-0.05, 0) is 38.0 Å². The molecule has 4 heteroatoms. The maximum atomic E-state index is 11.8. The van der Waals surface area contributed by atoms with Crippen molar-refractivity contribution in [1.29, 1.82) is 0 Å². The first kappa shape index (κ1) is 12.4. The van der Waals surface area contributed by atoms with Crippen LogP contribution in [0.2, 0.25) is 0 Å². The van der Waals surface area contributed by atoms with Gasteiger partial charge in [0.2, 0.25) is 5.91 Å². The predicted octanol–water partition coefficient (Wildman–Crippen LogP) is 0.666. The van der Waals surface area contributed by atoms with Crippen molar-refractivity contribution in [3.05, 3.63) is 0 Å². The van der Waals surface area contributed by atoms with Crippen LogP contribution in [-0.4, -0.2) is 54.0 Å². The monoisotopic (exact) mass is 251 g/mol. The number of amides is 1. The molecule has 0 aromatic rings. The van der Waals surface area contributed by atoms with Gasteiger partial charge in [0.1, 0.15) is 0 Å². The molecule has 0 aromatic carbocycles. The molecule has 2 N–H and O–H groups in total. The van der Waals surface area contributed by atoms with Crippen molar-refractivity contribution in [2.24, 2.45) is 17.6 Å². The second kappa shape index (κ2) is 4.82. The van der Waals surface area contributed by atoms with E-state index in [1.54, 1.807) is 6.92 Å². The molecule has 3 aliphatic rings. The molecule has 4 nitrogen and oxygen atoms in total. The molecule has 0 radical (unpaired) electrons. The normalized spacial score (nSPS) is 38.1. The average Bonchev–Trinajstić information content (AvgIpc) is 3.00. The third kappa shape index (κ3) is 2.16. The second-order valence-electron chi connectivity index (χ2n) is 6.39. The summed E-state index contributed by atoms with van der Waals surface area (Å²) in [6, 6.07) is 0.468. The fourth-order valence-electron chi connectivity index (χ4n) is 4.22. The summed E-state index contributed by atoms with van der Waals surface area (Å²) in [5, 5.41) is 0. The third-order valence-corrected chi connectivity index (χ3v) is 5.19. The highest BCUT2D eigenvalue weighted by Crippen LogP contribution is 2.46. The molecule has 1 aliphatic heterocycles. The number of carbonyl (C=O) groups excluding carboxylic acids is 1. The number of hydrogen-bond acceptors (Lipinski definition) is 3. The minimum Gasteiger partial charge on any atom is -0.339 e. The lowest BCUT2D eigenvalue weighted by Crippen LogP contribution is -2.55. The lowest BCUT2D eigenvalue weighted by Gasteiger charge is -2.41. The molecule has 0 spiro atoms. The Bertz CT molecular complexity index is 323. The quantitative estimate of drug-likeness (QED) is 0.784. The van der Waals surface area contributed by atoms with Crippen LogP contribution in [0, 0.1) is 11.8 Å². The zero-order chi connectivity index (χ0) is 12.7. The van der Waals surface area contributed by atoms with Crippen molar-refractivity contribution in [3.63, 3.8) is 0 Å². The Hall–Kier alpha value is -0.610. The van der Waals surface area contributed by atoms with Crippen LogP contribution in [0.25, 0.3) is 0 Å². The number of nitrogens with zero attached hydrogens (tertiary/aromatic N) is 2. The van der Waals surface area contributed by atoms with Gasteiger partial charge in [0.25, 0.3) is 0 Å². The highest BCUT2D eigenvalue weighted by Gasteiger charge is 2.42. The van der Waals surface area contributed by atoms with Gasteiger partial charge in [0.05, 0.1) is 6.04 Å². The maximum absolute atomic E-state index is 11.8. The highest BCUT2D eigenvalue weighted by molar-refractivity contribution is 5.81. The van der Waals surface area contributed by atoms with Crippen LogP contribution >= 0.6 is 0 Å². The molecule has 2 aliphatic carbocycles. The van der Waals surface area contributed by atoms with Crippen LogP contribution in [0.15, 0.2) is 0 Å². The first-order valence-corrected chi connectivity index (χ1v) is 7.43. The van der Waals surface area contributed by atoms with Crippen LogP contribution < -0.4 is 5.73 Å². The Balaban J connectivity index is 1.53. The molecule has 2 bridgehead atoms. The number of piperazine rings is 1. The third-order valence-electron chi connectivity index (χ3n) is 5.19. The van der Waals surface area contributed by atoms with Crippen molar-refractivity contribution in [2.75, 3.05) is 26.2 Å². The van der Waals surface area contributed by atoms with Crippen LogP contribution in [0.5, 0.6) is 0 Å². The Morgan fingerprint density at radius 1 is 1.17 bits per heavy atom. The molecule has 3 rings (SSSR count). The zero-order valence-corrected chi connectivity index (χ0v) is 11.3. The molecule has 1 saturated heterocycles. The Morgan fingerprint density at radius 2 is 1.89 bits per heavy atom. The molecule has 0 aromatic heterocycles. The van der Waals surface area contributed by atoms with Gasteiger partial charge >= 0.3 is 0 Å². The molecule has 18 heavy (non-hydrogen) atoms. The minimum absolute atomic E-state index is 0.114. The fraction of sp³-hybridized carbons (Fsp3) is 0.929. The zero-order valence-electron chi connectivity index (χ0n) is 11.3. The molecule has 3 unspecified atom stereocenters. The van der Waals surface area contributed by atoms with E-state index in [9.17, 15) is 4.79 Å². The number of nitrogens with two attached hydrogens (primary N) is 1. The SMILES string of the molecule is C[C@@H](N)C(=O)N1CCN(C2CC3CCC2C3)CC1. The van der Waals surface area contributed by atoms with E-state index in [0.717, 1.165) is 44.1 Å². The van der Waals surface area contributed by atoms with E-state index >= 15 is 0 Å². The second-order valence-corrected chi connectivity index (χ2v) is 6.39. The van der Waals surface area contributed by atoms with Gasteiger partial charge in [-0.1, -0.05) is 6.42 Å². The summed E-state index contributed by atoms with van der Waals surface area (Å²) in [4.78, 5) is 16.4. The van der Waals surface area contributed by atoms with Gasteiger partial charge in [-0.3, -0.25) is 9.69 Å². The largest absolute Gasteiger partial charge is 0.339 e. The van der Waals surface area contributed by atoms with E-state index in [1.807, 2.05) is 4.90 Å². The molecule has 102 valence electrons.